The number of aromatic nitrogens is 8. The lowest BCUT2D eigenvalue weighted by Gasteiger charge is -2.24. The van der Waals surface area contributed by atoms with Crippen molar-refractivity contribution in [3.05, 3.63) is 42.6 Å². The molecule has 0 saturated heterocycles. The minimum atomic E-state index is -5.10. The Bertz CT molecular complexity index is 1980. The maximum absolute atomic E-state index is 13.1. The number of ether oxygens (including phenoxy) is 3. The molecule has 0 amide bonds. The molecule has 24 heteroatoms. The van der Waals surface area contributed by atoms with Crippen molar-refractivity contribution in [2.75, 3.05) is 24.4 Å². The van der Waals surface area contributed by atoms with Crippen LogP contribution in [0.2, 0.25) is 0 Å². The highest BCUT2D eigenvalue weighted by atomic mass is 31.2. The predicted molar refractivity (Wildman–Crippen MR) is 141 cm³/mol. The summed E-state index contributed by atoms with van der Waals surface area (Å²) >= 11 is 0. The fourth-order valence-corrected chi connectivity index (χ4v) is 6.32. The Hall–Kier alpha value is -4.56. The normalized spacial score (nSPS) is 31.0. The summed E-state index contributed by atoms with van der Waals surface area (Å²) in [5.74, 6) is -2.66. The van der Waals surface area contributed by atoms with E-state index < -0.39 is 70.4 Å². The van der Waals surface area contributed by atoms with Gasteiger partial charge in [0.15, 0.2) is 47.5 Å². The fraction of sp³-hybridized carbons (Fsp3) is 0.300. The van der Waals surface area contributed by atoms with Gasteiger partial charge in [-0.25, -0.2) is 34.1 Å². The summed E-state index contributed by atoms with van der Waals surface area (Å²) in [4.78, 5) is 45.1. The third-order valence-electron chi connectivity index (χ3n) is 6.50. The van der Waals surface area contributed by atoms with Gasteiger partial charge in [0.2, 0.25) is 23.8 Å². The van der Waals surface area contributed by atoms with Gasteiger partial charge in [-0.15, -0.1) is 0 Å². The van der Waals surface area contributed by atoms with Crippen molar-refractivity contribution >= 4 is 55.4 Å². The van der Waals surface area contributed by atoms with E-state index in [0.29, 0.717) is 0 Å². The van der Waals surface area contributed by atoms with Gasteiger partial charge >= 0.3 is 21.4 Å². The Morgan fingerprint density at radius 1 is 1.02 bits per heavy atom. The average molecular weight is 654 g/mol. The molecule has 0 bridgehead atoms. The van der Waals surface area contributed by atoms with E-state index in [1.54, 1.807) is 0 Å². The molecule has 7 rings (SSSR count). The summed E-state index contributed by atoms with van der Waals surface area (Å²) in [6, 6.07) is 0. The van der Waals surface area contributed by atoms with Crippen LogP contribution in [0.1, 0.15) is 6.23 Å². The van der Waals surface area contributed by atoms with Gasteiger partial charge in [-0.05, 0) is 0 Å². The van der Waals surface area contributed by atoms with Gasteiger partial charge in [0.05, 0.1) is 12.8 Å². The highest BCUT2D eigenvalue weighted by Gasteiger charge is 2.49. The number of imidazole rings is 2. The molecule has 0 aliphatic carbocycles. The quantitative estimate of drug-likeness (QED) is 0.151. The number of fused-ring (bicyclic) bond motifs is 3. The zero-order valence-electron chi connectivity index (χ0n) is 21.7. The molecule has 8 N–H and O–H groups in total. The van der Waals surface area contributed by atoms with Gasteiger partial charge < -0.3 is 45.3 Å². The third-order valence-corrected chi connectivity index (χ3v) is 8.41. The summed E-state index contributed by atoms with van der Waals surface area (Å²) in [5.41, 5.74) is 12.1. The van der Waals surface area contributed by atoms with Crippen LogP contribution in [0, 0.1) is 0 Å². The SMILES string of the molecule is Nc1ncc2ncn(C3=C(O)C4OP(=O)(O)COC5=C(OP(=O)(O)OC[C@H]4O3)C(O)[C@H](n3cnc4c(N)ncnc43)O5)c2n1. The van der Waals surface area contributed by atoms with Crippen molar-refractivity contribution in [2.45, 2.75) is 24.5 Å². The summed E-state index contributed by atoms with van der Waals surface area (Å²) in [6.45, 7) is -0.831. The Labute approximate surface area is 243 Å². The van der Waals surface area contributed by atoms with Crippen LogP contribution in [0.4, 0.5) is 11.8 Å². The largest absolute Gasteiger partial charge is 0.527 e. The molecule has 3 aliphatic heterocycles. The van der Waals surface area contributed by atoms with Gasteiger partial charge in [-0.1, -0.05) is 0 Å². The topological polar surface area (TPSA) is 310 Å². The second-order valence-corrected chi connectivity index (χ2v) is 12.5. The number of aliphatic hydroxyl groups excluding tert-OH is 2. The number of phosphoric acid groups is 1. The molecule has 4 aromatic rings. The molecule has 7 heterocycles. The molecule has 0 saturated carbocycles. The first-order chi connectivity index (χ1) is 20.9. The molecule has 4 unspecified atom stereocenters. The molecule has 0 aromatic carbocycles. The first-order valence-corrected chi connectivity index (χ1v) is 15.5. The predicted octanol–water partition coefficient (Wildman–Crippen LogP) is -0.336. The maximum Gasteiger partial charge on any atom is 0.527 e. The van der Waals surface area contributed by atoms with E-state index in [0.717, 1.165) is 10.9 Å². The number of hydrogen-bond acceptors (Lipinski definition) is 18. The van der Waals surface area contributed by atoms with Crippen molar-refractivity contribution in [3.8, 4) is 0 Å². The molecule has 22 nitrogen and oxygen atoms in total. The number of phosphoric ester groups is 1. The number of anilines is 2. The van der Waals surface area contributed by atoms with Crippen molar-refractivity contribution < 1.29 is 56.9 Å². The number of hydrogen-bond donors (Lipinski definition) is 6. The monoisotopic (exact) mass is 654 g/mol. The second-order valence-electron chi connectivity index (χ2n) is 9.38. The zero-order chi connectivity index (χ0) is 31.0. The van der Waals surface area contributed by atoms with Crippen molar-refractivity contribution in [1.82, 2.24) is 39.0 Å². The molecule has 0 fully saturated rings. The Balaban J connectivity index is 1.20. The number of nitrogens with zero attached hydrogens (tertiary/aromatic N) is 8. The van der Waals surface area contributed by atoms with E-state index in [2.05, 4.69) is 29.9 Å². The van der Waals surface area contributed by atoms with E-state index in [-0.39, 0.29) is 40.0 Å². The molecule has 0 radical (unpaired) electrons. The summed E-state index contributed by atoms with van der Waals surface area (Å²) < 4.78 is 60.6. The minimum absolute atomic E-state index is 0.0269. The molecule has 0 spiro atoms. The third kappa shape index (κ3) is 4.74. The molecule has 44 heavy (non-hydrogen) atoms. The van der Waals surface area contributed by atoms with E-state index >= 15 is 0 Å². The highest BCUT2D eigenvalue weighted by molar-refractivity contribution is 7.52. The summed E-state index contributed by atoms with van der Waals surface area (Å²) in [7, 11) is -9.90. The standard InChI is InChI=1S/C20H20N10O12P2/c21-14-9-16(25-3-24-14)30(5-27-9)18-11(32)13-19(40-18)37-6-43(33,34)41-12-8(2-38-44(35,36)42-13)39-17(10(12)31)29-4-26-7-1-23-20(22)28-15(7)29/h1,3-5,8,11-12,18,31-32H,2,6H2,(H,33,34)(H,35,36)(H2,21,24,25)(H2,22,23,28)/t8-,11?,12?,18-/m1/s1. The van der Waals surface area contributed by atoms with Crippen molar-refractivity contribution in [3.63, 3.8) is 0 Å². The van der Waals surface area contributed by atoms with Crippen LogP contribution >= 0.6 is 15.4 Å². The number of nitrogen functional groups attached to an aromatic ring is 2. The van der Waals surface area contributed by atoms with E-state index in [9.17, 15) is 29.1 Å². The van der Waals surface area contributed by atoms with Crippen LogP contribution in [0.15, 0.2) is 42.6 Å². The highest BCUT2D eigenvalue weighted by Crippen LogP contribution is 2.54. The first kappa shape index (κ1) is 28.2. The molecule has 6 atom stereocenters. The van der Waals surface area contributed by atoms with Crippen LogP contribution in [-0.4, -0.2) is 90.3 Å². The minimum Gasteiger partial charge on any atom is -0.505 e. The number of aliphatic hydroxyl groups is 2. The van der Waals surface area contributed by atoms with Crippen LogP contribution in [0.3, 0.4) is 0 Å². The first-order valence-electron chi connectivity index (χ1n) is 12.3. The van der Waals surface area contributed by atoms with Crippen molar-refractivity contribution in [2.24, 2.45) is 0 Å². The Kier molecular flexibility index (Phi) is 6.41. The van der Waals surface area contributed by atoms with Crippen molar-refractivity contribution in [1.29, 1.82) is 0 Å². The van der Waals surface area contributed by atoms with Gasteiger partial charge in [-0.2, -0.15) is 4.98 Å². The fourth-order valence-electron chi connectivity index (χ4n) is 4.56. The lowest BCUT2D eigenvalue weighted by Crippen LogP contribution is -2.31. The van der Waals surface area contributed by atoms with Crippen LogP contribution in [0.5, 0.6) is 0 Å². The van der Waals surface area contributed by atoms with Crippen LogP contribution in [-0.2, 0) is 36.9 Å². The van der Waals surface area contributed by atoms with Gasteiger partial charge in [0, 0.05) is 0 Å². The molecule has 232 valence electrons. The lowest BCUT2D eigenvalue weighted by atomic mass is 10.2. The maximum atomic E-state index is 13.1. The average Bonchev–Trinajstić information content (AvgIpc) is 3.72. The number of rotatable bonds is 2. The Morgan fingerprint density at radius 3 is 2.66 bits per heavy atom. The smallest absolute Gasteiger partial charge is 0.505 e. The molecular weight excluding hydrogens is 634 g/mol. The molecule has 3 aliphatic rings. The lowest BCUT2D eigenvalue weighted by molar-refractivity contribution is -0.0483. The summed E-state index contributed by atoms with van der Waals surface area (Å²) in [5, 5.41) is 22.0. The van der Waals surface area contributed by atoms with Crippen LogP contribution < -0.4 is 11.5 Å². The van der Waals surface area contributed by atoms with Gasteiger partial charge in [0.25, 0.3) is 0 Å². The van der Waals surface area contributed by atoms with E-state index in [1.807, 2.05) is 0 Å². The van der Waals surface area contributed by atoms with E-state index in [4.69, 9.17) is 39.2 Å². The number of nitrogens with two attached hydrogens (primary N) is 2. The second kappa shape index (κ2) is 9.99. The van der Waals surface area contributed by atoms with E-state index in [1.165, 1.54) is 23.4 Å². The molecular formula is C20H20N10O12P2. The molecule has 4 aromatic heterocycles. The zero-order valence-corrected chi connectivity index (χ0v) is 23.5. The summed E-state index contributed by atoms with van der Waals surface area (Å²) in [6.07, 6.45) is -2.79. The van der Waals surface area contributed by atoms with Gasteiger partial charge in [0.1, 0.15) is 30.0 Å². The van der Waals surface area contributed by atoms with Gasteiger partial charge in [-0.3, -0.25) is 23.1 Å². The Morgan fingerprint density at radius 2 is 1.84 bits per heavy atom. The van der Waals surface area contributed by atoms with Crippen LogP contribution in [0.25, 0.3) is 28.2 Å².